The van der Waals surface area contributed by atoms with E-state index in [-0.39, 0.29) is 69.7 Å². The van der Waals surface area contributed by atoms with Crippen LogP contribution in [-0.2, 0) is 21.0 Å². The molecule has 236 valence electrons. The summed E-state index contributed by atoms with van der Waals surface area (Å²) in [6.45, 7) is 1.54. The maximum Gasteiger partial charge on any atom is 0.416 e. The number of nitrogens with zero attached hydrogens (tertiary/aromatic N) is 1. The Kier molecular flexibility index (Phi) is 10.3. The SMILES string of the molecule is CC(CO)CNC(=O)C[C@H](NC(=O)c1ccc2c(c1)N(S(=O)(=O)c1cccc(Cl)c1)CCO2)c1cc(C(F)(F)F)ccc1Cl. The minimum absolute atomic E-state index is 0.0401. The quantitative estimate of drug-likeness (QED) is 0.272. The predicted molar refractivity (Wildman–Crippen MR) is 158 cm³/mol. The Morgan fingerprint density at radius 3 is 2.52 bits per heavy atom. The number of benzene rings is 3. The molecule has 1 heterocycles. The summed E-state index contributed by atoms with van der Waals surface area (Å²) in [5, 5.41) is 14.5. The third-order valence-electron chi connectivity index (χ3n) is 6.78. The number of aliphatic hydroxyl groups excluding tert-OH is 1. The van der Waals surface area contributed by atoms with Crippen LogP contribution in [0.15, 0.2) is 65.6 Å². The number of sulfonamides is 1. The molecule has 44 heavy (non-hydrogen) atoms. The second-order valence-electron chi connectivity index (χ2n) is 10.1. The maximum absolute atomic E-state index is 13.5. The number of halogens is 5. The number of carbonyl (C=O) groups is 2. The van der Waals surface area contributed by atoms with Crippen molar-refractivity contribution in [1.29, 1.82) is 0 Å². The molecular weight excluding hydrogens is 646 g/mol. The summed E-state index contributed by atoms with van der Waals surface area (Å²) in [4.78, 5) is 26.2. The van der Waals surface area contributed by atoms with E-state index in [0.717, 1.165) is 22.5 Å². The molecule has 0 spiro atoms. The number of ether oxygens (including phenoxy) is 1. The van der Waals surface area contributed by atoms with Crippen LogP contribution in [-0.4, -0.2) is 51.6 Å². The molecule has 1 aliphatic heterocycles. The van der Waals surface area contributed by atoms with Crippen molar-refractivity contribution in [3.05, 3.63) is 87.4 Å². The van der Waals surface area contributed by atoms with Gasteiger partial charge in [-0.05, 0) is 66.1 Å². The molecule has 9 nitrogen and oxygen atoms in total. The van der Waals surface area contributed by atoms with E-state index in [4.69, 9.17) is 27.9 Å². The molecule has 0 saturated heterocycles. The number of aliphatic hydroxyl groups is 1. The molecular formula is C29H28Cl2F3N3O6S. The predicted octanol–water partition coefficient (Wildman–Crippen LogP) is 5.21. The van der Waals surface area contributed by atoms with Gasteiger partial charge in [0.25, 0.3) is 15.9 Å². The lowest BCUT2D eigenvalue weighted by Crippen LogP contribution is -2.38. The largest absolute Gasteiger partial charge is 0.489 e. The number of nitrogens with one attached hydrogen (secondary N) is 2. The van der Waals surface area contributed by atoms with Crippen LogP contribution in [0.1, 0.15) is 40.9 Å². The summed E-state index contributed by atoms with van der Waals surface area (Å²) in [7, 11) is -4.12. The van der Waals surface area contributed by atoms with Crippen molar-refractivity contribution >= 4 is 50.7 Å². The van der Waals surface area contributed by atoms with Crippen LogP contribution in [0.2, 0.25) is 10.0 Å². The van der Waals surface area contributed by atoms with Crippen LogP contribution in [0.3, 0.4) is 0 Å². The molecule has 2 amide bonds. The first kappa shape index (κ1) is 33.4. The molecule has 0 radical (unpaired) electrons. The topological polar surface area (TPSA) is 125 Å². The lowest BCUT2D eigenvalue weighted by molar-refractivity contribution is -0.137. The van der Waals surface area contributed by atoms with Gasteiger partial charge < -0.3 is 20.5 Å². The minimum Gasteiger partial charge on any atom is -0.489 e. The Morgan fingerprint density at radius 2 is 1.84 bits per heavy atom. The molecule has 3 aromatic rings. The number of hydrogen-bond donors (Lipinski definition) is 3. The van der Waals surface area contributed by atoms with Gasteiger partial charge in [0, 0.05) is 28.8 Å². The van der Waals surface area contributed by atoms with Crippen molar-refractivity contribution in [2.75, 3.05) is 30.6 Å². The van der Waals surface area contributed by atoms with Crippen LogP contribution in [0.4, 0.5) is 18.9 Å². The second-order valence-corrected chi connectivity index (χ2v) is 12.8. The second kappa shape index (κ2) is 13.6. The van der Waals surface area contributed by atoms with Crippen LogP contribution in [0.5, 0.6) is 5.75 Å². The number of fused-ring (bicyclic) bond motifs is 1. The average Bonchev–Trinajstić information content (AvgIpc) is 2.98. The molecule has 0 aliphatic carbocycles. The molecule has 0 aromatic heterocycles. The van der Waals surface area contributed by atoms with Crippen molar-refractivity contribution in [2.24, 2.45) is 5.92 Å². The van der Waals surface area contributed by atoms with Gasteiger partial charge in [0.15, 0.2) is 0 Å². The highest BCUT2D eigenvalue weighted by molar-refractivity contribution is 7.92. The zero-order valence-corrected chi connectivity index (χ0v) is 25.5. The van der Waals surface area contributed by atoms with Gasteiger partial charge >= 0.3 is 6.18 Å². The highest BCUT2D eigenvalue weighted by atomic mass is 35.5. The summed E-state index contributed by atoms with van der Waals surface area (Å²) in [6.07, 6.45) is -5.20. The lowest BCUT2D eigenvalue weighted by Gasteiger charge is -2.31. The van der Waals surface area contributed by atoms with Crippen molar-refractivity contribution in [3.63, 3.8) is 0 Å². The number of alkyl halides is 3. The monoisotopic (exact) mass is 673 g/mol. The van der Waals surface area contributed by atoms with Gasteiger partial charge in [-0.1, -0.05) is 36.2 Å². The van der Waals surface area contributed by atoms with Crippen molar-refractivity contribution in [2.45, 2.75) is 30.5 Å². The molecule has 1 unspecified atom stereocenters. The molecule has 15 heteroatoms. The first-order valence-electron chi connectivity index (χ1n) is 13.3. The van der Waals surface area contributed by atoms with Gasteiger partial charge in [0.2, 0.25) is 5.91 Å². The number of anilines is 1. The highest BCUT2D eigenvalue weighted by Gasteiger charge is 2.34. The van der Waals surface area contributed by atoms with Gasteiger partial charge in [0.1, 0.15) is 12.4 Å². The number of hydrogen-bond acceptors (Lipinski definition) is 6. The molecule has 0 bridgehead atoms. The van der Waals surface area contributed by atoms with Gasteiger partial charge in [0.05, 0.1) is 35.2 Å². The Labute approximate surface area is 262 Å². The van der Waals surface area contributed by atoms with Crippen LogP contribution in [0, 0.1) is 5.92 Å². The number of amides is 2. The smallest absolute Gasteiger partial charge is 0.416 e. The fraction of sp³-hybridized carbons (Fsp3) is 0.310. The standard InChI is InChI=1S/C29H28Cl2F3N3O6S/c1-17(16-38)15-35-27(39)14-24(22-12-19(29(32,33)34)6-7-23(22)31)36-28(40)18-5-8-26-25(11-18)37(9-10-43-26)44(41,42)21-4-2-3-20(30)13-21/h2-8,11-13,17,24,38H,9-10,14-16H2,1H3,(H,35,39)(H,36,40)/t17?,24-/m0/s1. The molecule has 4 rings (SSSR count). The van der Waals surface area contributed by atoms with Crippen LogP contribution in [0.25, 0.3) is 0 Å². The highest BCUT2D eigenvalue weighted by Crippen LogP contribution is 2.38. The number of rotatable bonds is 10. The molecule has 0 saturated carbocycles. The summed E-state index contributed by atoms with van der Waals surface area (Å²) < 4.78 is 74.3. The van der Waals surface area contributed by atoms with Crippen molar-refractivity contribution in [3.8, 4) is 5.75 Å². The Bertz CT molecular complexity index is 1660. The fourth-order valence-electron chi connectivity index (χ4n) is 4.42. The lowest BCUT2D eigenvalue weighted by atomic mass is 9.99. The van der Waals surface area contributed by atoms with Crippen molar-refractivity contribution in [1.82, 2.24) is 10.6 Å². The summed E-state index contributed by atoms with van der Waals surface area (Å²) in [5.41, 5.74) is -1.17. The van der Waals surface area contributed by atoms with Crippen LogP contribution < -0.4 is 19.7 Å². The fourth-order valence-corrected chi connectivity index (χ4v) is 6.42. The third kappa shape index (κ3) is 7.76. The maximum atomic E-state index is 13.5. The average molecular weight is 675 g/mol. The summed E-state index contributed by atoms with van der Waals surface area (Å²) in [6, 6.07) is 11.0. The third-order valence-corrected chi connectivity index (χ3v) is 9.17. The van der Waals surface area contributed by atoms with E-state index >= 15 is 0 Å². The van der Waals surface area contributed by atoms with E-state index < -0.39 is 46.0 Å². The van der Waals surface area contributed by atoms with Gasteiger partial charge in [-0.25, -0.2) is 8.42 Å². The van der Waals surface area contributed by atoms with E-state index in [1.807, 2.05) is 0 Å². The van der Waals surface area contributed by atoms with E-state index in [1.165, 1.54) is 42.5 Å². The normalized spacial score (nSPS) is 14.7. The van der Waals surface area contributed by atoms with Gasteiger partial charge in [-0.3, -0.25) is 13.9 Å². The minimum atomic E-state index is -4.72. The van der Waals surface area contributed by atoms with Crippen LogP contribution >= 0.6 is 23.2 Å². The number of carbonyl (C=O) groups excluding carboxylic acids is 2. The van der Waals surface area contributed by atoms with Crippen molar-refractivity contribution < 1.29 is 41.0 Å². The molecule has 1 aliphatic rings. The van der Waals surface area contributed by atoms with E-state index in [0.29, 0.717) is 0 Å². The zero-order valence-electron chi connectivity index (χ0n) is 23.2. The Balaban J connectivity index is 1.67. The molecule has 0 fully saturated rings. The summed E-state index contributed by atoms with van der Waals surface area (Å²) in [5.74, 6) is -1.52. The van der Waals surface area contributed by atoms with E-state index in [1.54, 1.807) is 6.92 Å². The molecule has 3 N–H and O–H groups in total. The van der Waals surface area contributed by atoms with Gasteiger partial charge in [-0.2, -0.15) is 13.2 Å². The van der Waals surface area contributed by atoms with Gasteiger partial charge in [-0.15, -0.1) is 0 Å². The first-order valence-corrected chi connectivity index (χ1v) is 15.5. The van der Waals surface area contributed by atoms with E-state index in [9.17, 15) is 36.3 Å². The van der Waals surface area contributed by atoms with E-state index in [2.05, 4.69) is 10.6 Å². The first-order chi connectivity index (χ1) is 20.7. The zero-order chi connectivity index (χ0) is 32.2. The molecule has 3 aromatic carbocycles. The Hall–Kier alpha value is -3.52. The Morgan fingerprint density at radius 1 is 1.09 bits per heavy atom. The summed E-state index contributed by atoms with van der Waals surface area (Å²) >= 11 is 12.3. The molecule has 2 atom stereocenters.